The Hall–Kier alpha value is -3.04. The summed E-state index contributed by atoms with van der Waals surface area (Å²) >= 11 is 0. The number of hydrogen-bond donors (Lipinski definition) is 0. The van der Waals surface area contributed by atoms with Gasteiger partial charge >= 0.3 is 0 Å². The maximum atomic E-state index is 11.0. The number of aryl methyl sites for hydroxylation is 1. The molecule has 3 aliphatic rings. The van der Waals surface area contributed by atoms with Crippen LogP contribution >= 0.6 is 0 Å². The first-order valence-electron chi connectivity index (χ1n) is 11.6. The number of nitro benzene ring substituents is 1. The topological polar surface area (TPSA) is 83.6 Å². The highest BCUT2D eigenvalue weighted by molar-refractivity contribution is 5.59. The second kappa shape index (κ2) is 9.84. The van der Waals surface area contributed by atoms with E-state index in [1.165, 1.54) is 75.2 Å². The molecule has 2 bridgehead atoms. The Kier molecular flexibility index (Phi) is 6.90. The fraction of sp³-hybridized carbons (Fsp3) is 0.500. The third-order valence-corrected chi connectivity index (χ3v) is 7.08. The van der Waals surface area contributed by atoms with E-state index in [-0.39, 0.29) is 5.69 Å². The van der Waals surface area contributed by atoms with Crippen molar-refractivity contribution in [1.29, 1.82) is 0 Å². The number of non-ortho nitro benzene ring substituents is 1. The van der Waals surface area contributed by atoms with E-state index in [9.17, 15) is 10.1 Å². The van der Waals surface area contributed by atoms with Crippen LogP contribution in [-0.2, 0) is 0 Å². The lowest BCUT2D eigenvalue weighted by molar-refractivity contribution is -0.939. The Balaban J connectivity index is 1.45. The minimum atomic E-state index is -0.457. The number of likely N-dealkylation sites (N-methyl/N-ethyl adjacent to an activating group) is 1. The lowest BCUT2D eigenvalue weighted by Gasteiger charge is -2.51. The van der Waals surface area contributed by atoms with Gasteiger partial charge in [-0.3, -0.25) is 15.0 Å². The number of piperazine rings is 3. The molecule has 0 unspecified atom stereocenters. The molecule has 33 heavy (non-hydrogen) atoms. The fourth-order valence-electron chi connectivity index (χ4n) is 4.79. The van der Waals surface area contributed by atoms with Crippen molar-refractivity contribution in [1.82, 2.24) is 4.90 Å². The predicted molar refractivity (Wildman–Crippen MR) is 129 cm³/mol. The molecule has 0 aliphatic carbocycles. The number of benzene rings is 2. The van der Waals surface area contributed by atoms with Crippen molar-refractivity contribution in [3.8, 4) is 5.75 Å². The Morgan fingerprint density at radius 2 is 1.76 bits per heavy atom. The molecule has 3 heterocycles. The third-order valence-electron chi connectivity index (χ3n) is 7.08. The van der Waals surface area contributed by atoms with Crippen LogP contribution in [0, 0.1) is 17.0 Å². The number of nitro groups is 1. The minimum Gasteiger partial charge on any atom is -0.494 e. The quantitative estimate of drug-likeness (QED) is 0.245. The van der Waals surface area contributed by atoms with E-state index in [0.29, 0.717) is 11.4 Å². The van der Waals surface area contributed by atoms with Crippen LogP contribution in [0.1, 0.15) is 12.5 Å². The number of quaternary nitrogens is 1. The van der Waals surface area contributed by atoms with Crippen LogP contribution in [-0.4, -0.2) is 80.3 Å². The molecule has 2 aromatic carbocycles. The first-order chi connectivity index (χ1) is 15.9. The number of ether oxygens (including phenoxy) is 1. The lowest BCUT2D eigenvalue weighted by atomic mass is 10.1. The van der Waals surface area contributed by atoms with Crippen LogP contribution in [0.15, 0.2) is 46.6 Å². The number of anilines is 1. The highest BCUT2D eigenvalue weighted by Gasteiger charge is 2.38. The van der Waals surface area contributed by atoms with Gasteiger partial charge in [0.1, 0.15) is 5.69 Å². The number of rotatable bonds is 9. The highest BCUT2D eigenvalue weighted by atomic mass is 16.6. The van der Waals surface area contributed by atoms with E-state index < -0.39 is 4.92 Å². The summed E-state index contributed by atoms with van der Waals surface area (Å²) in [5, 5.41) is 19.6. The van der Waals surface area contributed by atoms with Crippen molar-refractivity contribution < 1.29 is 14.1 Å². The van der Waals surface area contributed by atoms with Crippen molar-refractivity contribution in [3.63, 3.8) is 0 Å². The van der Waals surface area contributed by atoms with Crippen LogP contribution in [0.4, 0.5) is 22.7 Å². The molecule has 0 amide bonds. The van der Waals surface area contributed by atoms with Gasteiger partial charge in [-0.25, -0.2) is 0 Å². The maximum absolute atomic E-state index is 11.0. The molecule has 9 heteroatoms. The Bertz CT molecular complexity index is 1020. The van der Waals surface area contributed by atoms with Gasteiger partial charge in [0.25, 0.3) is 5.69 Å². The molecule has 0 radical (unpaired) electrons. The van der Waals surface area contributed by atoms with Crippen LogP contribution in [0.5, 0.6) is 5.75 Å². The molecule has 0 atom stereocenters. The zero-order chi connectivity index (χ0) is 23.4. The zero-order valence-electron chi connectivity index (χ0n) is 19.7. The molecule has 3 saturated heterocycles. The molecule has 176 valence electrons. The number of nitrogens with zero attached hydrogens (tertiary/aromatic N) is 6. The van der Waals surface area contributed by atoms with E-state index in [1.807, 2.05) is 13.0 Å². The van der Waals surface area contributed by atoms with Crippen LogP contribution in [0.2, 0.25) is 0 Å². The SMILES string of the molecule is CCN(CC[N+]12CCN(CC1)CC2)c1ccc(N=Nc2ccc([N+](=O)[O-])cc2OC)c(C)c1. The molecule has 2 aromatic rings. The summed E-state index contributed by atoms with van der Waals surface area (Å²) in [5.74, 6) is 0.324. The van der Waals surface area contributed by atoms with Crippen molar-refractivity contribution in [2.75, 3.05) is 70.9 Å². The number of methoxy groups -OCH3 is 1. The molecule has 5 rings (SSSR count). The number of azo groups is 1. The predicted octanol–water partition coefficient (Wildman–Crippen LogP) is 4.30. The summed E-state index contributed by atoms with van der Waals surface area (Å²) < 4.78 is 6.51. The van der Waals surface area contributed by atoms with Gasteiger partial charge in [0.05, 0.1) is 56.5 Å². The smallest absolute Gasteiger partial charge is 0.273 e. The van der Waals surface area contributed by atoms with Crippen molar-refractivity contribution in [2.24, 2.45) is 10.2 Å². The van der Waals surface area contributed by atoms with Gasteiger partial charge in [-0.15, -0.1) is 5.11 Å². The highest BCUT2D eigenvalue weighted by Crippen LogP contribution is 2.34. The summed E-state index contributed by atoms with van der Waals surface area (Å²) in [7, 11) is 1.46. The van der Waals surface area contributed by atoms with Crippen LogP contribution < -0.4 is 9.64 Å². The van der Waals surface area contributed by atoms with Gasteiger partial charge in [0, 0.05) is 37.9 Å². The molecule has 0 N–H and O–H groups in total. The van der Waals surface area contributed by atoms with Crippen molar-refractivity contribution in [2.45, 2.75) is 13.8 Å². The lowest BCUT2D eigenvalue weighted by Crippen LogP contribution is -2.68. The Morgan fingerprint density at radius 3 is 2.36 bits per heavy atom. The molecule has 3 aliphatic heterocycles. The average Bonchev–Trinajstić information content (AvgIpc) is 2.84. The fourth-order valence-corrected chi connectivity index (χ4v) is 4.79. The summed E-state index contributed by atoms with van der Waals surface area (Å²) in [4.78, 5) is 15.6. The minimum absolute atomic E-state index is 0.0390. The molecule has 0 aromatic heterocycles. The van der Waals surface area contributed by atoms with Gasteiger partial charge in [-0.1, -0.05) is 0 Å². The second-order valence-corrected chi connectivity index (χ2v) is 8.94. The third kappa shape index (κ3) is 5.15. The van der Waals surface area contributed by atoms with E-state index in [4.69, 9.17) is 4.74 Å². The summed E-state index contributed by atoms with van der Waals surface area (Å²) in [6.07, 6.45) is 0. The average molecular weight is 454 g/mol. The van der Waals surface area contributed by atoms with Gasteiger partial charge in [0.2, 0.25) is 0 Å². The van der Waals surface area contributed by atoms with E-state index >= 15 is 0 Å². The van der Waals surface area contributed by atoms with E-state index in [2.05, 4.69) is 39.1 Å². The Labute approximate surface area is 195 Å². The van der Waals surface area contributed by atoms with E-state index in [0.717, 1.165) is 24.3 Å². The van der Waals surface area contributed by atoms with Gasteiger partial charge in [-0.2, -0.15) is 5.11 Å². The number of fused-ring (bicyclic) bond motifs is 3. The largest absolute Gasteiger partial charge is 0.494 e. The second-order valence-electron chi connectivity index (χ2n) is 8.94. The monoisotopic (exact) mass is 453 g/mol. The van der Waals surface area contributed by atoms with Crippen molar-refractivity contribution in [3.05, 3.63) is 52.1 Å². The molecule has 0 spiro atoms. The molecule has 9 nitrogen and oxygen atoms in total. The molecular weight excluding hydrogens is 420 g/mol. The number of hydrogen-bond acceptors (Lipinski definition) is 7. The summed E-state index contributed by atoms with van der Waals surface area (Å²) in [6, 6.07) is 10.6. The summed E-state index contributed by atoms with van der Waals surface area (Å²) in [5.41, 5.74) is 3.43. The van der Waals surface area contributed by atoms with Gasteiger partial charge < -0.3 is 14.1 Å². The Morgan fingerprint density at radius 1 is 1.09 bits per heavy atom. The van der Waals surface area contributed by atoms with Gasteiger partial charge in [0.15, 0.2) is 5.75 Å². The van der Waals surface area contributed by atoms with Crippen LogP contribution in [0.3, 0.4) is 0 Å². The maximum Gasteiger partial charge on any atom is 0.273 e. The normalized spacial score (nSPS) is 22.0. The first-order valence-corrected chi connectivity index (χ1v) is 11.6. The van der Waals surface area contributed by atoms with Gasteiger partial charge in [-0.05, 0) is 43.7 Å². The molecule has 3 fully saturated rings. The first kappa shape index (κ1) is 23.1. The molecule has 0 saturated carbocycles. The van der Waals surface area contributed by atoms with Crippen molar-refractivity contribution >= 4 is 22.7 Å². The van der Waals surface area contributed by atoms with Crippen LogP contribution in [0.25, 0.3) is 0 Å². The zero-order valence-corrected chi connectivity index (χ0v) is 19.7. The van der Waals surface area contributed by atoms with E-state index in [1.54, 1.807) is 6.07 Å². The summed E-state index contributed by atoms with van der Waals surface area (Å²) in [6.45, 7) is 15.0. The molecular formula is C24H33N6O3+. The standard InChI is InChI=1S/C24H33N6O3/c1-4-28(12-16-30-13-9-27(10-14-30)11-15-30)20-5-7-22(19(2)17-20)25-26-23-8-6-21(29(31)32)18-24(23)33-3/h5-8,17-18H,4,9-16H2,1-3H3/q+1.